The Hall–Kier alpha value is -1.16. The van der Waals surface area contributed by atoms with E-state index in [4.69, 9.17) is 4.74 Å². The second kappa shape index (κ2) is 9.11. The third-order valence-electron chi connectivity index (χ3n) is 6.41. The number of alkyl halides is 2. The van der Waals surface area contributed by atoms with Gasteiger partial charge in [0.15, 0.2) is 5.96 Å². The van der Waals surface area contributed by atoms with Gasteiger partial charge >= 0.3 is 6.61 Å². The molecule has 1 heterocycles. The van der Waals surface area contributed by atoms with Crippen LogP contribution in [0.25, 0.3) is 0 Å². The van der Waals surface area contributed by atoms with Crippen LogP contribution in [0.4, 0.5) is 8.78 Å². The second-order valence-electron chi connectivity index (χ2n) is 7.75. The fourth-order valence-electron chi connectivity index (χ4n) is 5.22. The molecule has 8 heteroatoms. The summed E-state index contributed by atoms with van der Waals surface area (Å²) in [4.78, 5) is 4.38. The minimum absolute atomic E-state index is 0. The number of nitrogens with zero attached hydrogens (tertiary/aromatic N) is 1. The Morgan fingerprint density at radius 1 is 1.29 bits per heavy atom. The summed E-state index contributed by atoms with van der Waals surface area (Å²) >= 11 is 0. The first-order valence-electron chi connectivity index (χ1n) is 9.75. The highest BCUT2D eigenvalue weighted by molar-refractivity contribution is 14.0. The van der Waals surface area contributed by atoms with Crippen molar-refractivity contribution in [1.82, 2.24) is 10.6 Å². The molecule has 3 fully saturated rings. The second-order valence-corrected chi connectivity index (χ2v) is 7.75. The number of nitrogens with one attached hydrogen (secondary N) is 2. The van der Waals surface area contributed by atoms with Gasteiger partial charge in [0.1, 0.15) is 5.75 Å². The summed E-state index contributed by atoms with van der Waals surface area (Å²) in [7, 11) is 1.78. The molecule has 3 atom stereocenters. The zero-order chi connectivity index (χ0) is 18.9. The predicted octanol–water partition coefficient (Wildman–Crippen LogP) is 3.92. The summed E-state index contributed by atoms with van der Waals surface area (Å²) in [5.74, 6) is 1.53. The summed E-state index contributed by atoms with van der Waals surface area (Å²) in [6.07, 6.45) is 6.56. The fraction of sp³-hybridized carbons (Fsp3) is 0.650. The first kappa shape index (κ1) is 21.5. The molecule has 2 saturated carbocycles. The van der Waals surface area contributed by atoms with Crippen LogP contribution in [0.5, 0.6) is 5.75 Å². The van der Waals surface area contributed by atoms with Crippen LogP contribution in [0.15, 0.2) is 29.3 Å². The molecule has 1 saturated heterocycles. The van der Waals surface area contributed by atoms with E-state index in [-0.39, 0.29) is 35.1 Å². The predicted molar refractivity (Wildman–Crippen MR) is 114 cm³/mol. The van der Waals surface area contributed by atoms with Crippen molar-refractivity contribution in [3.05, 3.63) is 29.8 Å². The van der Waals surface area contributed by atoms with E-state index in [0.717, 1.165) is 24.6 Å². The SMILES string of the molecule is CN=C(NCc1ccc(OC(F)F)cc1)NC1C2CCOC2C12CCCC2.I. The molecule has 4 rings (SSSR count). The molecule has 0 aromatic heterocycles. The quantitative estimate of drug-likeness (QED) is 0.361. The van der Waals surface area contributed by atoms with Gasteiger partial charge in [-0.25, -0.2) is 0 Å². The van der Waals surface area contributed by atoms with Gasteiger partial charge < -0.3 is 20.1 Å². The molecule has 2 N–H and O–H groups in total. The lowest BCUT2D eigenvalue weighted by Crippen LogP contribution is -2.69. The van der Waals surface area contributed by atoms with Gasteiger partial charge in [-0.15, -0.1) is 24.0 Å². The van der Waals surface area contributed by atoms with Crippen molar-refractivity contribution in [2.75, 3.05) is 13.7 Å². The van der Waals surface area contributed by atoms with Gasteiger partial charge in [0, 0.05) is 37.6 Å². The Labute approximate surface area is 181 Å². The number of ether oxygens (including phenoxy) is 2. The van der Waals surface area contributed by atoms with E-state index in [1.54, 1.807) is 31.3 Å². The number of aliphatic imine (C=N–C) groups is 1. The molecule has 3 unspecified atom stereocenters. The van der Waals surface area contributed by atoms with Crippen LogP contribution in [0.3, 0.4) is 0 Å². The maximum atomic E-state index is 12.2. The van der Waals surface area contributed by atoms with Crippen LogP contribution in [-0.4, -0.2) is 38.4 Å². The van der Waals surface area contributed by atoms with E-state index in [2.05, 4.69) is 20.4 Å². The van der Waals surface area contributed by atoms with E-state index in [1.165, 1.54) is 25.7 Å². The van der Waals surface area contributed by atoms with Crippen LogP contribution in [0.2, 0.25) is 0 Å². The monoisotopic (exact) mass is 507 g/mol. The van der Waals surface area contributed by atoms with E-state index < -0.39 is 6.61 Å². The normalized spacial score (nSPS) is 27.9. The third-order valence-corrected chi connectivity index (χ3v) is 6.41. The average molecular weight is 507 g/mol. The van der Waals surface area contributed by atoms with Crippen LogP contribution in [-0.2, 0) is 11.3 Å². The van der Waals surface area contributed by atoms with Gasteiger partial charge in [-0.1, -0.05) is 25.0 Å². The van der Waals surface area contributed by atoms with Gasteiger partial charge in [0.05, 0.1) is 6.10 Å². The number of rotatable bonds is 5. The number of fused-ring (bicyclic) bond motifs is 2. The number of halogens is 3. The average Bonchev–Trinajstić information content (AvgIpc) is 3.31. The minimum Gasteiger partial charge on any atom is -0.435 e. The molecule has 156 valence electrons. The van der Waals surface area contributed by atoms with Crippen molar-refractivity contribution >= 4 is 29.9 Å². The van der Waals surface area contributed by atoms with Gasteiger partial charge in [-0.2, -0.15) is 8.78 Å². The third kappa shape index (κ3) is 4.08. The fourth-order valence-corrected chi connectivity index (χ4v) is 5.22. The Kier molecular flexibility index (Phi) is 7.01. The van der Waals surface area contributed by atoms with Crippen LogP contribution in [0, 0.1) is 11.3 Å². The van der Waals surface area contributed by atoms with Crippen molar-refractivity contribution < 1.29 is 18.3 Å². The summed E-state index contributed by atoms with van der Waals surface area (Å²) in [5.41, 5.74) is 1.25. The molecule has 0 bridgehead atoms. The molecule has 1 aromatic carbocycles. The Morgan fingerprint density at radius 2 is 2.00 bits per heavy atom. The van der Waals surface area contributed by atoms with Crippen molar-refractivity contribution in [3.8, 4) is 5.75 Å². The highest BCUT2D eigenvalue weighted by atomic mass is 127. The molecule has 2 aliphatic carbocycles. The van der Waals surface area contributed by atoms with E-state index in [0.29, 0.717) is 24.6 Å². The van der Waals surface area contributed by atoms with E-state index >= 15 is 0 Å². The smallest absolute Gasteiger partial charge is 0.387 e. The largest absolute Gasteiger partial charge is 0.435 e. The zero-order valence-electron chi connectivity index (χ0n) is 16.0. The van der Waals surface area contributed by atoms with E-state index in [9.17, 15) is 8.78 Å². The molecule has 1 spiro atoms. The molecular formula is C20H28F2IN3O2. The van der Waals surface area contributed by atoms with Crippen molar-refractivity contribution in [2.45, 2.75) is 57.4 Å². The van der Waals surface area contributed by atoms with Gasteiger partial charge in [0.2, 0.25) is 0 Å². The Morgan fingerprint density at radius 3 is 2.64 bits per heavy atom. The summed E-state index contributed by atoms with van der Waals surface area (Å²) < 4.78 is 34.9. The molecule has 3 aliphatic rings. The van der Waals surface area contributed by atoms with Crippen molar-refractivity contribution in [3.63, 3.8) is 0 Å². The molecule has 1 aromatic rings. The first-order chi connectivity index (χ1) is 13.1. The van der Waals surface area contributed by atoms with Crippen LogP contribution in [0.1, 0.15) is 37.7 Å². The molecule has 5 nitrogen and oxygen atoms in total. The maximum absolute atomic E-state index is 12.2. The number of benzene rings is 1. The highest BCUT2D eigenvalue weighted by Gasteiger charge is 2.65. The Bertz CT molecular complexity index is 681. The topological polar surface area (TPSA) is 54.9 Å². The zero-order valence-corrected chi connectivity index (χ0v) is 18.3. The Balaban J connectivity index is 0.00000225. The molecule has 0 amide bonds. The number of hydrogen-bond acceptors (Lipinski definition) is 3. The lowest BCUT2D eigenvalue weighted by Gasteiger charge is -2.57. The number of hydrogen-bond donors (Lipinski definition) is 2. The van der Waals surface area contributed by atoms with Crippen LogP contribution < -0.4 is 15.4 Å². The molecule has 28 heavy (non-hydrogen) atoms. The first-order valence-corrected chi connectivity index (χ1v) is 9.75. The molecule has 1 aliphatic heterocycles. The minimum atomic E-state index is -2.80. The number of guanidine groups is 1. The highest BCUT2D eigenvalue weighted by Crippen LogP contribution is 2.60. The maximum Gasteiger partial charge on any atom is 0.387 e. The standard InChI is InChI=1S/C20H27F2N3O2.HI/c1-23-19(24-12-13-4-6-14(7-5-13)27-18(21)22)25-16-15-8-11-26-17(15)20(16)9-2-3-10-20;/h4-7,15-18H,2-3,8-12H2,1H3,(H2,23,24,25);1H. The van der Waals surface area contributed by atoms with Gasteiger partial charge in [-0.05, 0) is 37.0 Å². The summed E-state index contributed by atoms with van der Waals surface area (Å²) in [6.45, 7) is -1.36. The summed E-state index contributed by atoms with van der Waals surface area (Å²) in [6, 6.07) is 7.08. The van der Waals surface area contributed by atoms with Crippen LogP contribution >= 0.6 is 24.0 Å². The van der Waals surface area contributed by atoms with Gasteiger partial charge in [-0.3, -0.25) is 4.99 Å². The van der Waals surface area contributed by atoms with Crippen molar-refractivity contribution in [1.29, 1.82) is 0 Å². The molecule has 0 radical (unpaired) electrons. The van der Waals surface area contributed by atoms with Crippen molar-refractivity contribution in [2.24, 2.45) is 16.3 Å². The lowest BCUT2D eigenvalue weighted by atomic mass is 9.54. The lowest BCUT2D eigenvalue weighted by molar-refractivity contribution is -0.125. The van der Waals surface area contributed by atoms with E-state index in [1.807, 2.05) is 0 Å². The summed E-state index contributed by atoms with van der Waals surface area (Å²) in [5, 5.41) is 6.99. The van der Waals surface area contributed by atoms with Gasteiger partial charge in [0.25, 0.3) is 0 Å². The molecular weight excluding hydrogens is 479 g/mol.